The second-order valence-electron chi connectivity index (χ2n) is 5.97. The van der Waals surface area contributed by atoms with Crippen molar-refractivity contribution in [3.63, 3.8) is 0 Å². The van der Waals surface area contributed by atoms with Gasteiger partial charge in [-0.1, -0.05) is 5.16 Å². The molecule has 6 heteroatoms. The van der Waals surface area contributed by atoms with Crippen LogP contribution in [0, 0.1) is 5.92 Å². The maximum absolute atomic E-state index is 12.7. The van der Waals surface area contributed by atoms with Crippen LogP contribution in [0.2, 0.25) is 0 Å². The first-order chi connectivity index (χ1) is 10.8. The van der Waals surface area contributed by atoms with Gasteiger partial charge in [-0.3, -0.25) is 4.79 Å². The zero-order valence-corrected chi connectivity index (χ0v) is 12.2. The van der Waals surface area contributed by atoms with E-state index < -0.39 is 0 Å². The molecule has 2 aromatic rings. The van der Waals surface area contributed by atoms with Gasteiger partial charge in [0.25, 0.3) is 5.91 Å². The van der Waals surface area contributed by atoms with Crippen molar-refractivity contribution in [1.82, 2.24) is 10.1 Å². The van der Waals surface area contributed by atoms with Gasteiger partial charge < -0.3 is 18.6 Å². The Morgan fingerprint density at radius 3 is 2.91 bits per heavy atom. The standard InChI is InChI=1S/C16H18N2O4/c19-16(13-8-15(22-17-13)14-2-1-6-21-14)18(12-3-4-12)9-11-5-7-20-10-11/h1-2,6,8,11-12H,3-5,7,9-10H2/t11-/m0/s1. The van der Waals surface area contributed by atoms with Crippen LogP contribution in [0.15, 0.2) is 33.4 Å². The maximum Gasteiger partial charge on any atom is 0.276 e. The normalized spacial score (nSPS) is 21.2. The van der Waals surface area contributed by atoms with Crippen LogP contribution in [0.5, 0.6) is 0 Å². The molecule has 3 heterocycles. The average Bonchev–Trinajstić information content (AvgIpc) is 3.01. The third kappa shape index (κ3) is 2.66. The smallest absolute Gasteiger partial charge is 0.276 e. The lowest BCUT2D eigenvalue weighted by molar-refractivity contribution is 0.0696. The first-order valence-electron chi connectivity index (χ1n) is 7.70. The minimum absolute atomic E-state index is 0.0593. The van der Waals surface area contributed by atoms with Crippen LogP contribution in [-0.4, -0.2) is 41.8 Å². The monoisotopic (exact) mass is 302 g/mol. The van der Waals surface area contributed by atoms with Gasteiger partial charge in [0.05, 0.1) is 12.9 Å². The highest BCUT2D eigenvalue weighted by molar-refractivity contribution is 5.93. The van der Waals surface area contributed by atoms with Crippen LogP contribution in [-0.2, 0) is 4.74 Å². The highest BCUT2D eigenvalue weighted by atomic mass is 16.5. The lowest BCUT2D eigenvalue weighted by Gasteiger charge is -2.24. The minimum Gasteiger partial charge on any atom is -0.461 e. The Labute approximate surface area is 128 Å². The van der Waals surface area contributed by atoms with Gasteiger partial charge in [0.15, 0.2) is 11.5 Å². The van der Waals surface area contributed by atoms with Crippen LogP contribution < -0.4 is 0 Å². The number of carbonyl (C=O) groups excluding carboxylic acids is 1. The first kappa shape index (κ1) is 13.6. The SMILES string of the molecule is O=C(c1cc(-c2ccco2)on1)N(C[C@@H]1CCOC1)C1CC1. The molecule has 116 valence electrons. The number of rotatable bonds is 5. The molecule has 2 aliphatic rings. The van der Waals surface area contributed by atoms with Crippen molar-refractivity contribution in [1.29, 1.82) is 0 Å². The van der Waals surface area contributed by atoms with Crippen molar-refractivity contribution in [3.8, 4) is 11.5 Å². The van der Waals surface area contributed by atoms with Gasteiger partial charge in [0.1, 0.15) is 0 Å². The predicted octanol–water partition coefficient (Wildman–Crippen LogP) is 2.58. The molecule has 1 aliphatic heterocycles. The molecule has 2 aromatic heterocycles. The van der Waals surface area contributed by atoms with Gasteiger partial charge in [0, 0.05) is 31.2 Å². The second-order valence-corrected chi connectivity index (χ2v) is 5.97. The Kier molecular flexibility index (Phi) is 3.46. The summed E-state index contributed by atoms with van der Waals surface area (Å²) in [5.41, 5.74) is 0.345. The van der Waals surface area contributed by atoms with Crippen LogP contribution in [0.3, 0.4) is 0 Å². The Bertz CT molecular complexity index is 639. The fraction of sp³-hybridized carbons (Fsp3) is 0.500. The first-order valence-corrected chi connectivity index (χ1v) is 7.70. The number of nitrogens with zero attached hydrogens (tertiary/aromatic N) is 2. The fourth-order valence-electron chi connectivity index (χ4n) is 2.85. The van der Waals surface area contributed by atoms with E-state index in [2.05, 4.69) is 5.16 Å². The molecular weight excluding hydrogens is 284 g/mol. The molecule has 1 amide bonds. The molecule has 0 unspecified atom stereocenters. The zero-order valence-electron chi connectivity index (χ0n) is 12.2. The van der Waals surface area contributed by atoms with Crippen molar-refractivity contribution < 1.29 is 18.5 Å². The lowest BCUT2D eigenvalue weighted by Crippen LogP contribution is -2.37. The van der Waals surface area contributed by atoms with E-state index in [4.69, 9.17) is 13.7 Å². The molecule has 0 bridgehead atoms. The third-order valence-corrected chi connectivity index (χ3v) is 4.22. The number of carbonyl (C=O) groups is 1. The number of furan rings is 1. The van der Waals surface area contributed by atoms with Gasteiger partial charge in [0.2, 0.25) is 5.76 Å². The van der Waals surface area contributed by atoms with Gasteiger partial charge in [-0.2, -0.15) is 0 Å². The van der Waals surface area contributed by atoms with E-state index in [1.54, 1.807) is 24.5 Å². The molecule has 1 aliphatic carbocycles. The molecule has 0 N–H and O–H groups in total. The summed E-state index contributed by atoms with van der Waals surface area (Å²) in [6.07, 6.45) is 4.73. The maximum atomic E-state index is 12.7. The molecule has 0 radical (unpaired) electrons. The van der Waals surface area contributed by atoms with E-state index in [0.717, 1.165) is 39.0 Å². The molecule has 0 spiro atoms. The fourth-order valence-corrected chi connectivity index (χ4v) is 2.85. The van der Waals surface area contributed by atoms with Crippen molar-refractivity contribution in [3.05, 3.63) is 30.2 Å². The Hall–Kier alpha value is -2.08. The highest BCUT2D eigenvalue weighted by Crippen LogP contribution is 2.31. The quantitative estimate of drug-likeness (QED) is 0.849. The van der Waals surface area contributed by atoms with E-state index in [1.165, 1.54) is 0 Å². The van der Waals surface area contributed by atoms with Gasteiger partial charge >= 0.3 is 0 Å². The lowest BCUT2D eigenvalue weighted by atomic mass is 10.1. The number of aromatic nitrogens is 1. The van der Waals surface area contributed by atoms with Gasteiger partial charge in [-0.25, -0.2) is 0 Å². The van der Waals surface area contributed by atoms with E-state index in [9.17, 15) is 4.79 Å². The van der Waals surface area contributed by atoms with E-state index in [-0.39, 0.29) is 5.91 Å². The second kappa shape index (κ2) is 5.61. The number of hydrogen-bond acceptors (Lipinski definition) is 5. The molecular formula is C16H18N2O4. The summed E-state index contributed by atoms with van der Waals surface area (Å²) in [6, 6.07) is 5.55. The van der Waals surface area contributed by atoms with Crippen molar-refractivity contribution in [2.75, 3.05) is 19.8 Å². The summed E-state index contributed by atoms with van der Waals surface area (Å²) in [4.78, 5) is 14.7. The Morgan fingerprint density at radius 1 is 1.32 bits per heavy atom. The molecule has 4 rings (SSSR count). The highest BCUT2D eigenvalue weighted by Gasteiger charge is 2.36. The Morgan fingerprint density at radius 2 is 2.23 bits per heavy atom. The van der Waals surface area contributed by atoms with Crippen molar-refractivity contribution in [2.24, 2.45) is 5.92 Å². The topological polar surface area (TPSA) is 68.7 Å². The summed E-state index contributed by atoms with van der Waals surface area (Å²) in [6.45, 7) is 2.28. The van der Waals surface area contributed by atoms with E-state index in [0.29, 0.717) is 29.2 Å². The Balaban J connectivity index is 1.51. The summed E-state index contributed by atoms with van der Waals surface area (Å²) in [5, 5.41) is 3.92. The molecule has 22 heavy (non-hydrogen) atoms. The van der Waals surface area contributed by atoms with Crippen LogP contribution >= 0.6 is 0 Å². The number of amides is 1. The largest absolute Gasteiger partial charge is 0.461 e. The summed E-state index contributed by atoms with van der Waals surface area (Å²) >= 11 is 0. The molecule has 6 nitrogen and oxygen atoms in total. The summed E-state index contributed by atoms with van der Waals surface area (Å²) in [7, 11) is 0. The predicted molar refractivity (Wildman–Crippen MR) is 77.2 cm³/mol. The molecule has 1 saturated heterocycles. The van der Waals surface area contributed by atoms with Crippen LogP contribution in [0.4, 0.5) is 0 Å². The summed E-state index contributed by atoms with van der Waals surface area (Å²) < 4.78 is 15.9. The van der Waals surface area contributed by atoms with E-state index >= 15 is 0 Å². The van der Waals surface area contributed by atoms with Gasteiger partial charge in [-0.15, -0.1) is 0 Å². The van der Waals surface area contributed by atoms with Crippen molar-refractivity contribution in [2.45, 2.75) is 25.3 Å². The number of ether oxygens (including phenoxy) is 1. The third-order valence-electron chi connectivity index (χ3n) is 4.22. The molecule has 0 aromatic carbocycles. The molecule has 1 saturated carbocycles. The molecule has 1 atom stereocenters. The van der Waals surface area contributed by atoms with E-state index in [1.807, 2.05) is 4.90 Å². The average molecular weight is 302 g/mol. The number of hydrogen-bond donors (Lipinski definition) is 0. The van der Waals surface area contributed by atoms with Crippen LogP contribution in [0.25, 0.3) is 11.5 Å². The van der Waals surface area contributed by atoms with Crippen molar-refractivity contribution >= 4 is 5.91 Å². The minimum atomic E-state index is -0.0593. The summed E-state index contributed by atoms with van der Waals surface area (Å²) in [5.74, 6) is 1.43. The van der Waals surface area contributed by atoms with Crippen LogP contribution in [0.1, 0.15) is 29.8 Å². The van der Waals surface area contributed by atoms with Gasteiger partial charge in [-0.05, 0) is 31.4 Å². The molecule has 2 fully saturated rings. The zero-order chi connectivity index (χ0) is 14.9.